The fourth-order valence-electron chi connectivity index (χ4n) is 4.37. The van der Waals surface area contributed by atoms with Crippen LogP contribution >= 0.6 is 22.9 Å². The van der Waals surface area contributed by atoms with Crippen molar-refractivity contribution in [2.45, 2.75) is 0 Å². The zero-order valence-electron chi connectivity index (χ0n) is 17.7. The fraction of sp³-hybridized carbons (Fsp3) is 0.292. The van der Waals surface area contributed by atoms with Crippen molar-refractivity contribution in [3.63, 3.8) is 0 Å². The molecule has 168 valence electrons. The first-order valence-electron chi connectivity index (χ1n) is 10.8. The maximum absolute atomic E-state index is 13.1. The summed E-state index contributed by atoms with van der Waals surface area (Å²) in [5, 5.41) is 0.679. The van der Waals surface area contributed by atoms with Crippen molar-refractivity contribution < 1.29 is 9.47 Å². The molecule has 4 aromatic rings. The summed E-state index contributed by atoms with van der Waals surface area (Å²) in [6, 6.07) is 13.1. The first kappa shape index (κ1) is 20.8. The molecule has 5 heterocycles. The van der Waals surface area contributed by atoms with Crippen molar-refractivity contribution in [1.29, 1.82) is 0 Å². The Morgan fingerprint density at radius 2 is 1.94 bits per heavy atom. The molecule has 0 bridgehead atoms. The first-order chi connectivity index (χ1) is 16.1. The van der Waals surface area contributed by atoms with Crippen molar-refractivity contribution in [2.75, 3.05) is 39.5 Å². The number of hydrogen-bond donors (Lipinski definition) is 0. The highest BCUT2D eigenvalue weighted by Crippen LogP contribution is 2.37. The number of thiophene rings is 1. The molecule has 0 radical (unpaired) electrons. The molecule has 1 aromatic carbocycles. The maximum Gasteiger partial charge on any atom is 0.275 e. The van der Waals surface area contributed by atoms with Crippen LogP contribution in [0, 0.1) is 5.41 Å². The predicted octanol–water partition coefficient (Wildman–Crippen LogP) is 3.87. The van der Waals surface area contributed by atoms with Crippen LogP contribution in [0.4, 0.5) is 0 Å². The van der Waals surface area contributed by atoms with E-state index in [1.54, 1.807) is 18.6 Å². The number of likely N-dealkylation sites (tertiary alicyclic amines) is 1. The third kappa shape index (κ3) is 3.93. The van der Waals surface area contributed by atoms with Gasteiger partial charge in [-0.15, -0.1) is 11.3 Å². The van der Waals surface area contributed by atoms with Crippen LogP contribution in [0.5, 0.6) is 5.88 Å². The van der Waals surface area contributed by atoms with Crippen LogP contribution in [0.25, 0.3) is 26.3 Å². The van der Waals surface area contributed by atoms with Crippen molar-refractivity contribution in [2.24, 2.45) is 5.41 Å². The van der Waals surface area contributed by atoms with E-state index in [9.17, 15) is 4.79 Å². The number of rotatable bonds is 6. The summed E-state index contributed by atoms with van der Waals surface area (Å²) in [5.41, 5.74) is 2.64. The number of hydrogen-bond acceptors (Lipinski definition) is 7. The van der Waals surface area contributed by atoms with Crippen LogP contribution in [0.3, 0.4) is 0 Å². The smallest absolute Gasteiger partial charge is 0.275 e. The van der Waals surface area contributed by atoms with Gasteiger partial charge in [0.25, 0.3) is 5.56 Å². The van der Waals surface area contributed by atoms with Gasteiger partial charge in [-0.05, 0) is 29.8 Å². The van der Waals surface area contributed by atoms with E-state index in [2.05, 4.69) is 14.9 Å². The zero-order chi connectivity index (χ0) is 22.4. The number of halogens is 1. The topological polar surface area (TPSA) is 69.5 Å². The number of ether oxygens (including phenoxy) is 2. The molecule has 3 aromatic heterocycles. The molecule has 2 aliphatic rings. The molecular weight excluding hydrogens is 460 g/mol. The quantitative estimate of drug-likeness (QED) is 0.417. The third-order valence-electron chi connectivity index (χ3n) is 6.16. The summed E-state index contributed by atoms with van der Waals surface area (Å²) in [6.07, 6.45) is 3.19. The molecule has 0 N–H and O–H groups in total. The van der Waals surface area contributed by atoms with E-state index in [0.717, 1.165) is 43.3 Å². The minimum absolute atomic E-state index is 0.118. The first-order valence-corrected chi connectivity index (χ1v) is 11.9. The second-order valence-electron chi connectivity index (χ2n) is 8.66. The van der Waals surface area contributed by atoms with Crippen molar-refractivity contribution in [3.05, 3.63) is 70.4 Å². The van der Waals surface area contributed by atoms with Crippen LogP contribution in [-0.2, 0) is 4.74 Å². The van der Waals surface area contributed by atoms with Crippen LogP contribution in [0.15, 0.2) is 59.8 Å². The Balaban J connectivity index is 1.15. The molecule has 2 fully saturated rings. The maximum atomic E-state index is 13.1. The van der Waals surface area contributed by atoms with Crippen LogP contribution < -0.4 is 10.3 Å². The standard InChI is InChI=1S/C24H21ClN4O3S/c25-17-3-1-16(2-4-17)20-9-19-22(33-20)23(30)29(15-27-19)18-5-6-21(26-10-18)32-8-7-28-11-24(12-28)13-31-14-24/h1-6,9-10,15H,7-8,11-14H2. The van der Waals surface area contributed by atoms with E-state index in [1.165, 1.54) is 15.9 Å². The lowest BCUT2D eigenvalue weighted by Crippen LogP contribution is -2.66. The van der Waals surface area contributed by atoms with Gasteiger partial charge in [0.05, 0.1) is 30.6 Å². The molecular formula is C24H21ClN4O3S. The van der Waals surface area contributed by atoms with Gasteiger partial charge in [0.15, 0.2) is 0 Å². The van der Waals surface area contributed by atoms with E-state index in [4.69, 9.17) is 21.1 Å². The molecule has 2 saturated heterocycles. The van der Waals surface area contributed by atoms with E-state index < -0.39 is 0 Å². The summed E-state index contributed by atoms with van der Waals surface area (Å²) in [7, 11) is 0. The normalized spacial score (nSPS) is 17.1. The lowest BCUT2D eigenvalue weighted by atomic mass is 9.78. The Morgan fingerprint density at radius 3 is 2.64 bits per heavy atom. The number of fused-ring (bicyclic) bond motifs is 1. The van der Waals surface area contributed by atoms with Crippen molar-refractivity contribution in [1.82, 2.24) is 19.4 Å². The highest BCUT2D eigenvalue weighted by molar-refractivity contribution is 7.22. The SMILES string of the molecule is O=c1c2sc(-c3ccc(Cl)cc3)cc2ncn1-c1ccc(OCCN2CC3(COC3)C2)nc1. The average Bonchev–Trinajstić information content (AvgIpc) is 3.21. The van der Waals surface area contributed by atoms with Crippen LogP contribution in [0.2, 0.25) is 5.02 Å². The van der Waals surface area contributed by atoms with Gasteiger partial charge in [0.1, 0.15) is 17.6 Å². The molecule has 0 unspecified atom stereocenters. The van der Waals surface area contributed by atoms with Gasteiger partial charge in [0.2, 0.25) is 5.88 Å². The lowest BCUT2D eigenvalue weighted by molar-refractivity contribution is -0.189. The zero-order valence-corrected chi connectivity index (χ0v) is 19.3. The highest BCUT2D eigenvalue weighted by atomic mass is 35.5. The number of nitrogens with zero attached hydrogens (tertiary/aromatic N) is 4. The molecule has 0 atom stereocenters. The predicted molar refractivity (Wildman–Crippen MR) is 129 cm³/mol. The minimum atomic E-state index is -0.118. The summed E-state index contributed by atoms with van der Waals surface area (Å²) in [6.45, 7) is 5.41. The van der Waals surface area contributed by atoms with Gasteiger partial charge in [-0.3, -0.25) is 14.3 Å². The number of aromatic nitrogens is 3. The molecule has 33 heavy (non-hydrogen) atoms. The monoisotopic (exact) mass is 480 g/mol. The Morgan fingerprint density at radius 1 is 1.12 bits per heavy atom. The number of pyridine rings is 1. The molecule has 0 amide bonds. The molecule has 0 saturated carbocycles. The van der Waals surface area contributed by atoms with Crippen LogP contribution in [0.1, 0.15) is 0 Å². The molecule has 1 spiro atoms. The van der Waals surface area contributed by atoms with Crippen LogP contribution in [-0.4, -0.2) is 58.9 Å². The van der Waals surface area contributed by atoms with Gasteiger partial charge < -0.3 is 9.47 Å². The van der Waals surface area contributed by atoms with E-state index >= 15 is 0 Å². The van der Waals surface area contributed by atoms with Crippen molar-refractivity contribution >= 4 is 33.2 Å². The molecule has 0 aliphatic carbocycles. The minimum Gasteiger partial charge on any atom is -0.476 e. The van der Waals surface area contributed by atoms with E-state index in [-0.39, 0.29) is 5.56 Å². The third-order valence-corrected chi connectivity index (χ3v) is 7.57. The molecule has 6 rings (SSSR count). The Bertz CT molecular complexity index is 1360. The van der Waals surface area contributed by atoms with Crippen molar-refractivity contribution in [3.8, 4) is 22.0 Å². The fourth-order valence-corrected chi connectivity index (χ4v) is 5.54. The summed E-state index contributed by atoms with van der Waals surface area (Å²) < 4.78 is 13.2. The molecule has 9 heteroatoms. The molecule has 7 nitrogen and oxygen atoms in total. The molecule has 2 aliphatic heterocycles. The van der Waals surface area contributed by atoms with Gasteiger partial charge in [-0.2, -0.15) is 0 Å². The van der Waals surface area contributed by atoms with Gasteiger partial charge in [-0.25, -0.2) is 9.97 Å². The van der Waals surface area contributed by atoms with E-state index in [1.807, 2.05) is 36.4 Å². The summed E-state index contributed by atoms with van der Waals surface area (Å²) >= 11 is 7.41. The summed E-state index contributed by atoms with van der Waals surface area (Å²) in [4.78, 5) is 25.3. The van der Waals surface area contributed by atoms with Gasteiger partial charge in [-0.1, -0.05) is 23.7 Å². The van der Waals surface area contributed by atoms with E-state index in [0.29, 0.717) is 38.8 Å². The largest absolute Gasteiger partial charge is 0.476 e. The lowest BCUT2D eigenvalue weighted by Gasteiger charge is -2.55. The Hall–Kier alpha value is -2.78. The highest BCUT2D eigenvalue weighted by Gasteiger charge is 2.48. The summed E-state index contributed by atoms with van der Waals surface area (Å²) in [5.74, 6) is 0.546. The van der Waals surface area contributed by atoms with Gasteiger partial charge in [0, 0.05) is 41.0 Å². The second-order valence-corrected chi connectivity index (χ2v) is 10.1. The Kier molecular flexibility index (Phi) is 5.18. The number of benzene rings is 1. The Labute approximate surface area is 199 Å². The average molecular weight is 481 g/mol. The van der Waals surface area contributed by atoms with Gasteiger partial charge >= 0.3 is 0 Å². The second kappa shape index (κ2) is 8.22.